The number of carbonyl (C=O) groups is 2. The standard InChI is InChI=1S/C18H24F6O5/c1-9(28-13(25)8-16(27,17(19,20)21)18(22,23)24)14(26)29-15(2,3)12-7-10-4-5-11(12)6-10/h9-12,27H,4-8H2,1-3H3. The summed E-state index contributed by atoms with van der Waals surface area (Å²) in [5.74, 6) is -2.08. The molecule has 0 spiro atoms. The van der Waals surface area contributed by atoms with Crippen molar-refractivity contribution in [1.29, 1.82) is 0 Å². The molecule has 2 fully saturated rings. The van der Waals surface area contributed by atoms with Crippen molar-refractivity contribution in [3.63, 3.8) is 0 Å². The van der Waals surface area contributed by atoms with Crippen LogP contribution in [0, 0.1) is 17.8 Å². The molecule has 0 aromatic rings. The van der Waals surface area contributed by atoms with Crippen LogP contribution in [-0.4, -0.2) is 46.7 Å². The van der Waals surface area contributed by atoms with E-state index in [-0.39, 0.29) is 5.92 Å². The molecule has 0 aliphatic heterocycles. The third-order valence-corrected chi connectivity index (χ3v) is 5.97. The predicted octanol–water partition coefficient (Wildman–Crippen LogP) is 3.92. The van der Waals surface area contributed by atoms with Crippen LogP contribution in [0.4, 0.5) is 26.3 Å². The summed E-state index contributed by atoms with van der Waals surface area (Å²) >= 11 is 0. The average molecular weight is 434 g/mol. The molecule has 0 saturated heterocycles. The number of hydrogen-bond donors (Lipinski definition) is 1. The molecule has 5 nitrogen and oxygen atoms in total. The van der Waals surface area contributed by atoms with E-state index >= 15 is 0 Å². The lowest BCUT2D eigenvalue weighted by Gasteiger charge is -2.37. The van der Waals surface area contributed by atoms with Gasteiger partial charge in [-0.1, -0.05) is 6.42 Å². The number of ether oxygens (including phenoxy) is 2. The van der Waals surface area contributed by atoms with Crippen LogP contribution in [0.2, 0.25) is 0 Å². The highest BCUT2D eigenvalue weighted by Crippen LogP contribution is 2.53. The van der Waals surface area contributed by atoms with E-state index < -0.39 is 48.0 Å². The largest absolute Gasteiger partial charge is 0.457 e. The molecule has 0 radical (unpaired) electrons. The molecule has 168 valence electrons. The molecule has 4 atom stereocenters. The van der Waals surface area contributed by atoms with Crippen molar-refractivity contribution in [2.75, 3.05) is 0 Å². The lowest BCUT2D eigenvalue weighted by atomic mass is 9.78. The molecule has 2 saturated carbocycles. The number of aliphatic hydroxyl groups is 1. The number of halogens is 6. The molecule has 4 unspecified atom stereocenters. The number of alkyl halides is 6. The van der Waals surface area contributed by atoms with Crippen molar-refractivity contribution in [2.45, 2.75) is 82.5 Å². The van der Waals surface area contributed by atoms with Crippen LogP contribution < -0.4 is 0 Å². The van der Waals surface area contributed by atoms with Gasteiger partial charge in [0.2, 0.25) is 0 Å². The van der Waals surface area contributed by atoms with Gasteiger partial charge in [0.1, 0.15) is 5.60 Å². The lowest BCUT2D eigenvalue weighted by molar-refractivity contribution is -0.368. The Labute approximate surface area is 163 Å². The first-order chi connectivity index (χ1) is 13.0. The number of hydrogen-bond acceptors (Lipinski definition) is 5. The van der Waals surface area contributed by atoms with Gasteiger partial charge in [-0.05, 0) is 51.9 Å². The van der Waals surface area contributed by atoms with E-state index in [1.807, 2.05) is 0 Å². The van der Waals surface area contributed by atoms with Gasteiger partial charge in [0.05, 0.1) is 6.42 Å². The van der Waals surface area contributed by atoms with E-state index in [1.165, 1.54) is 0 Å². The smallest absolute Gasteiger partial charge is 0.426 e. The van der Waals surface area contributed by atoms with Gasteiger partial charge in [0.25, 0.3) is 5.60 Å². The van der Waals surface area contributed by atoms with Crippen molar-refractivity contribution in [3.05, 3.63) is 0 Å². The number of rotatable bonds is 6. The summed E-state index contributed by atoms with van der Waals surface area (Å²) in [6.07, 6.45) is -12.4. The van der Waals surface area contributed by atoms with Crippen molar-refractivity contribution < 1.29 is 50.5 Å². The molecule has 11 heteroatoms. The molecular weight excluding hydrogens is 410 g/mol. The Hall–Kier alpha value is -1.52. The maximum absolute atomic E-state index is 12.7. The summed E-state index contributed by atoms with van der Waals surface area (Å²) in [7, 11) is 0. The third-order valence-electron chi connectivity index (χ3n) is 5.97. The van der Waals surface area contributed by atoms with Crippen molar-refractivity contribution >= 4 is 11.9 Å². The summed E-state index contributed by atoms with van der Waals surface area (Å²) in [6, 6.07) is 0. The van der Waals surface area contributed by atoms with E-state index in [0.717, 1.165) is 32.6 Å². The van der Waals surface area contributed by atoms with E-state index in [9.17, 15) is 35.9 Å². The van der Waals surface area contributed by atoms with Gasteiger partial charge >= 0.3 is 24.3 Å². The average Bonchev–Trinajstić information content (AvgIpc) is 3.15. The molecular formula is C18H24F6O5. The van der Waals surface area contributed by atoms with E-state index in [0.29, 0.717) is 11.8 Å². The molecule has 2 aliphatic carbocycles. The summed E-state index contributed by atoms with van der Waals surface area (Å²) in [6.45, 7) is 4.34. The van der Waals surface area contributed by atoms with Gasteiger partial charge in [-0.2, -0.15) is 26.3 Å². The highest BCUT2D eigenvalue weighted by molar-refractivity contribution is 5.79. The van der Waals surface area contributed by atoms with Crippen LogP contribution >= 0.6 is 0 Å². The van der Waals surface area contributed by atoms with Crippen LogP contribution in [0.25, 0.3) is 0 Å². The first kappa shape index (κ1) is 23.8. The van der Waals surface area contributed by atoms with Crippen LogP contribution in [-0.2, 0) is 19.1 Å². The topological polar surface area (TPSA) is 72.8 Å². The predicted molar refractivity (Wildman–Crippen MR) is 86.3 cm³/mol. The van der Waals surface area contributed by atoms with Crippen molar-refractivity contribution in [3.8, 4) is 0 Å². The zero-order valence-corrected chi connectivity index (χ0v) is 16.2. The third kappa shape index (κ3) is 4.80. The highest BCUT2D eigenvalue weighted by Gasteiger charge is 2.71. The van der Waals surface area contributed by atoms with Gasteiger partial charge in [0.15, 0.2) is 6.10 Å². The van der Waals surface area contributed by atoms with Crippen molar-refractivity contribution in [2.24, 2.45) is 17.8 Å². The minimum absolute atomic E-state index is 0.0775. The number of carbonyl (C=O) groups excluding carboxylic acids is 2. The molecule has 2 bridgehead atoms. The van der Waals surface area contributed by atoms with Crippen LogP contribution in [0.5, 0.6) is 0 Å². The Morgan fingerprint density at radius 1 is 1.03 bits per heavy atom. The molecule has 29 heavy (non-hydrogen) atoms. The normalized spacial score (nSPS) is 26.3. The minimum Gasteiger partial charge on any atom is -0.457 e. The molecule has 0 amide bonds. The second-order valence-corrected chi connectivity index (χ2v) is 8.47. The Balaban J connectivity index is 1.97. The van der Waals surface area contributed by atoms with Gasteiger partial charge in [-0.25, -0.2) is 4.79 Å². The zero-order chi connectivity index (χ0) is 22.4. The minimum atomic E-state index is -6.15. The number of esters is 2. The van der Waals surface area contributed by atoms with Gasteiger partial charge in [0, 0.05) is 5.92 Å². The fraction of sp³-hybridized carbons (Fsp3) is 0.889. The first-order valence-corrected chi connectivity index (χ1v) is 9.26. The first-order valence-electron chi connectivity index (χ1n) is 9.26. The Morgan fingerprint density at radius 3 is 2.00 bits per heavy atom. The molecule has 2 aliphatic rings. The van der Waals surface area contributed by atoms with Crippen LogP contribution in [0.3, 0.4) is 0 Å². The molecule has 1 N–H and O–H groups in total. The van der Waals surface area contributed by atoms with E-state index in [1.54, 1.807) is 13.8 Å². The lowest BCUT2D eigenvalue weighted by Crippen LogP contribution is -2.58. The maximum Gasteiger partial charge on any atom is 0.426 e. The Bertz CT molecular complexity index is 628. The summed E-state index contributed by atoms with van der Waals surface area (Å²) in [5.41, 5.74) is -6.20. The molecule has 0 heterocycles. The van der Waals surface area contributed by atoms with Gasteiger partial charge < -0.3 is 14.6 Å². The Morgan fingerprint density at radius 2 is 1.59 bits per heavy atom. The quantitative estimate of drug-likeness (QED) is 0.507. The second-order valence-electron chi connectivity index (χ2n) is 8.47. The highest BCUT2D eigenvalue weighted by atomic mass is 19.4. The monoisotopic (exact) mass is 434 g/mol. The van der Waals surface area contributed by atoms with Gasteiger partial charge in [-0.15, -0.1) is 0 Å². The molecule has 0 aromatic heterocycles. The summed E-state index contributed by atoms with van der Waals surface area (Å²) < 4.78 is 85.7. The maximum atomic E-state index is 12.7. The van der Waals surface area contributed by atoms with E-state index in [2.05, 4.69) is 4.74 Å². The summed E-state index contributed by atoms with van der Waals surface area (Å²) in [4.78, 5) is 23.8. The van der Waals surface area contributed by atoms with Crippen LogP contribution in [0.15, 0.2) is 0 Å². The molecule has 0 aromatic carbocycles. The Kier molecular flexibility index (Phi) is 6.25. The van der Waals surface area contributed by atoms with Crippen LogP contribution in [0.1, 0.15) is 52.9 Å². The fourth-order valence-electron chi connectivity index (χ4n) is 4.37. The zero-order valence-electron chi connectivity index (χ0n) is 16.2. The molecule has 2 rings (SSSR count). The van der Waals surface area contributed by atoms with Gasteiger partial charge in [-0.3, -0.25) is 4.79 Å². The fourth-order valence-corrected chi connectivity index (χ4v) is 4.37. The summed E-state index contributed by atoms with van der Waals surface area (Å²) in [5, 5.41) is 9.03. The number of fused-ring (bicyclic) bond motifs is 2. The van der Waals surface area contributed by atoms with E-state index in [4.69, 9.17) is 9.84 Å². The second kappa shape index (κ2) is 7.63. The van der Waals surface area contributed by atoms with Crippen molar-refractivity contribution in [1.82, 2.24) is 0 Å². The SMILES string of the molecule is CC(OC(=O)CC(O)(C(F)(F)F)C(F)(F)F)C(=O)OC(C)(C)C1CC2CCC1C2.